The Kier molecular flexibility index (Phi) is 13.1. The van der Waals surface area contributed by atoms with Gasteiger partial charge in [0.1, 0.15) is 0 Å². The lowest BCUT2D eigenvalue weighted by Crippen LogP contribution is -2.62. The summed E-state index contributed by atoms with van der Waals surface area (Å²) < 4.78 is 38.5. The van der Waals surface area contributed by atoms with Crippen LogP contribution in [-0.4, -0.2) is 91.5 Å². The Balaban J connectivity index is 5.28. The van der Waals surface area contributed by atoms with E-state index in [0.29, 0.717) is 26.1 Å². The smallest absolute Gasteiger partial charge is 0.400 e. The van der Waals surface area contributed by atoms with E-state index in [-0.39, 0.29) is 12.7 Å². The maximum atomic E-state index is 10.4. The molecule has 0 amide bonds. The van der Waals surface area contributed by atoms with Gasteiger partial charge in [0.05, 0.1) is 0 Å². The van der Waals surface area contributed by atoms with Crippen LogP contribution in [0.25, 0.3) is 0 Å². The van der Waals surface area contributed by atoms with Crippen molar-refractivity contribution in [3.05, 3.63) is 0 Å². The summed E-state index contributed by atoms with van der Waals surface area (Å²) in [5, 5.41) is 8.77. The Morgan fingerprint density at radius 2 is 1.38 bits per heavy atom. The number of hydrogen-bond acceptors (Lipinski definition) is 10. The van der Waals surface area contributed by atoms with E-state index in [9.17, 15) is 9.59 Å². The first-order chi connectivity index (χ1) is 12.1. The Morgan fingerprint density at radius 1 is 0.885 bits per heavy atom. The second kappa shape index (κ2) is 12.8. The second-order valence-corrected chi connectivity index (χ2v) is 16.3. The fraction of sp³-hybridized carbons (Fsp3) is 1.00. The summed E-state index contributed by atoms with van der Waals surface area (Å²) in [7, 11) is -8.56. The van der Waals surface area contributed by atoms with E-state index < -0.39 is 35.7 Å². The highest BCUT2D eigenvalue weighted by molar-refractivity contribution is 6.82. The van der Waals surface area contributed by atoms with Crippen molar-refractivity contribution in [2.75, 3.05) is 41.2 Å². The summed E-state index contributed by atoms with van der Waals surface area (Å²) >= 11 is 0. The lowest BCUT2D eigenvalue weighted by Gasteiger charge is -2.38. The molecule has 158 valence electrons. The zero-order chi connectivity index (χ0) is 20.3. The minimum atomic E-state index is -3.58. The Hall–Kier alpha value is 0.468. The van der Waals surface area contributed by atoms with Gasteiger partial charge in [-0.05, 0) is 19.4 Å². The second-order valence-electron chi connectivity index (χ2n) is 5.81. The molecule has 0 aromatic heterocycles. The van der Waals surface area contributed by atoms with Gasteiger partial charge in [-0.3, -0.25) is 0 Å². The molecule has 0 aliphatic rings. The molecular weight excluding hydrogens is 416 g/mol. The third kappa shape index (κ3) is 11.3. The molecule has 0 aliphatic heterocycles. The molecule has 0 saturated carbocycles. The highest BCUT2D eigenvalue weighted by atomic mass is 28.5. The molecule has 0 bridgehead atoms. The third-order valence-corrected chi connectivity index (χ3v) is 14.8. The van der Waals surface area contributed by atoms with E-state index in [1.165, 1.54) is 34.4 Å². The maximum Gasteiger partial charge on any atom is 0.487 e. The van der Waals surface area contributed by atoms with Crippen LogP contribution in [0, 0.1) is 0 Å². The van der Waals surface area contributed by atoms with Gasteiger partial charge in [-0.2, -0.15) is 0 Å². The van der Waals surface area contributed by atoms with Gasteiger partial charge in [-0.25, -0.2) is 0 Å². The van der Waals surface area contributed by atoms with Crippen LogP contribution in [0.2, 0.25) is 25.7 Å². The number of hydrogen-bond donors (Lipinski definition) is 3. The number of rotatable bonds is 16. The van der Waals surface area contributed by atoms with Crippen LogP contribution < -0.4 is 0 Å². The molecule has 0 fully saturated rings. The van der Waals surface area contributed by atoms with E-state index in [0.717, 1.165) is 0 Å². The first-order valence-corrected chi connectivity index (χ1v) is 17.0. The first kappa shape index (κ1) is 26.5. The van der Waals surface area contributed by atoms with Crippen LogP contribution in [0.3, 0.4) is 0 Å². The summed E-state index contributed by atoms with van der Waals surface area (Å²) in [5.41, 5.74) is 0. The number of aliphatic hydroxyl groups is 1. The molecule has 14 heteroatoms. The molecule has 26 heavy (non-hydrogen) atoms. The monoisotopic (exact) mass is 450 g/mol. The van der Waals surface area contributed by atoms with Gasteiger partial charge in [0, 0.05) is 60.3 Å². The molecule has 0 spiro atoms. The van der Waals surface area contributed by atoms with Crippen molar-refractivity contribution in [3.8, 4) is 0 Å². The predicted molar refractivity (Wildman–Crippen MR) is 103 cm³/mol. The zero-order valence-electron chi connectivity index (χ0n) is 16.5. The summed E-state index contributed by atoms with van der Waals surface area (Å²) in [6.45, 7) is 5.57. The normalized spacial score (nSPS) is 20.2. The molecule has 0 radical (unpaired) electrons. The van der Waals surface area contributed by atoms with Gasteiger partial charge in [0.15, 0.2) is 0 Å². The van der Waals surface area contributed by atoms with E-state index in [4.69, 9.17) is 35.5 Å². The van der Waals surface area contributed by atoms with Crippen molar-refractivity contribution in [2.45, 2.75) is 38.5 Å². The molecule has 0 saturated heterocycles. The van der Waals surface area contributed by atoms with Crippen LogP contribution in [0.15, 0.2) is 0 Å². The quantitative estimate of drug-likeness (QED) is 0.213. The molecule has 0 aliphatic carbocycles. The summed E-state index contributed by atoms with van der Waals surface area (Å²) in [5.74, 6) is 0. The average molecular weight is 451 g/mol. The summed E-state index contributed by atoms with van der Waals surface area (Å²) in [6.07, 6.45) is 1.06. The Morgan fingerprint density at radius 3 is 1.81 bits per heavy atom. The minimum absolute atomic E-state index is 0.0651. The predicted octanol–water partition coefficient (Wildman–Crippen LogP) is -0.324. The standard InChI is InChI=1S/C12H34O10Si4/c1-16-23(4)20-26(21-24(5,14)17-2,22-25(6,15)18-3)12-8-11-19-10-7-9-13/h13-15,23H,7-12H2,1-6H3. The molecule has 0 heterocycles. The Bertz CT molecular complexity index is 356. The zero-order valence-corrected chi connectivity index (χ0v) is 20.7. The largest absolute Gasteiger partial charge is 0.487 e. The first-order valence-electron chi connectivity index (χ1n) is 8.40. The maximum absolute atomic E-state index is 10.4. The van der Waals surface area contributed by atoms with Gasteiger partial charge >= 0.3 is 35.7 Å². The highest BCUT2D eigenvalue weighted by Crippen LogP contribution is 2.26. The summed E-state index contributed by atoms with van der Waals surface area (Å²) in [4.78, 5) is 20.7. The summed E-state index contributed by atoms with van der Waals surface area (Å²) in [6, 6.07) is 0.284. The molecule has 3 unspecified atom stereocenters. The van der Waals surface area contributed by atoms with Gasteiger partial charge < -0.3 is 45.1 Å². The van der Waals surface area contributed by atoms with Crippen LogP contribution >= 0.6 is 0 Å². The molecule has 3 atom stereocenters. The van der Waals surface area contributed by atoms with Gasteiger partial charge in [0.25, 0.3) is 0 Å². The fourth-order valence-corrected chi connectivity index (χ4v) is 13.2. The average Bonchev–Trinajstić information content (AvgIpc) is 2.57. The Labute approximate surface area is 160 Å². The van der Waals surface area contributed by atoms with Crippen molar-refractivity contribution in [1.82, 2.24) is 0 Å². The van der Waals surface area contributed by atoms with Crippen LogP contribution in [0.4, 0.5) is 0 Å². The van der Waals surface area contributed by atoms with Crippen molar-refractivity contribution in [3.63, 3.8) is 0 Å². The van der Waals surface area contributed by atoms with Crippen LogP contribution in [0.1, 0.15) is 12.8 Å². The number of aliphatic hydroxyl groups excluding tert-OH is 1. The SMILES string of the molecule is CO[SiH](C)O[Si](CCCOCCCO)(O[Si](C)(O)OC)O[Si](C)(O)OC. The van der Waals surface area contributed by atoms with Gasteiger partial charge in [-0.15, -0.1) is 0 Å². The lowest BCUT2D eigenvalue weighted by molar-refractivity contribution is 0.0952. The minimum Gasteiger partial charge on any atom is -0.400 e. The van der Waals surface area contributed by atoms with E-state index in [1.54, 1.807) is 6.55 Å². The molecular formula is C12H34O10Si4. The molecule has 0 rings (SSSR count). The van der Waals surface area contributed by atoms with E-state index in [2.05, 4.69) is 0 Å². The van der Waals surface area contributed by atoms with Crippen LogP contribution in [0.5, 0.6) is 0 Å². The van der Waals surface area contributed by atoms with Gasteiger partial charge in [0.2, 0.25) is 0 Å². The van der Waals surface area contributed by atoms with Crippen LogP contribution in [-0.2, 0) is 30.4 Å². The lowest BCUT2D eigenvalue weighted by atomic mass is 10.5. The molecule has 0 aromatic carbocycles. The number of ether oxygens (including phenoxy) is 1. The third-order valence-electron chi connectivity index (χ3n) is 3.34. The highest BCUT2D eigenvalue weighted by Gasteiger charge is 2.54. The van der Waals surface area contributed by atoms with E-state index in [1.807, 2.05) is 0 Å². The van der Waals surface area contributed by atoms with Crippen molar-refractivity contribution >= 4 is 35.7 Å². The van der Waals surface area contributed by atoms with Crippen molar-refractivity contribution in [1.29, 1.82) is 0 Å². The molecule has 10 nitrogen and oxygen atoms in total. The van der Waals surface area contributed by atoms with Crippen molar-refractivity contribution < 1.29 is 45.1 Å². The molecule has 0 aromatic rings. The van der Waals surface area contributed by atoms with Gasteiger partial charge in [-0.1, -0.05) is 0 Å². The van der Waals surface area contributed by atoms with Crippen molar-refractivity contribution in [2.24, 2.45) is 0 Å². The molecule has 3 N–H and O–H groups in total. The fourth-order valence-electron chi connectivity index (χ4n) is 1.85. The van der Waals surface area contributed by atoms with E-state index >= 15 is 0 Å². The topological polar surface area (TPSA) is 125 Å².